The van der Waals surface area contributed by atoms with Crippen LogP contribution in [0.25, 0.3) is 11.3 Å². The van der Waals surface area contributed by atoms with Crippen molar-refractivity contribution >= 4 is 28.6 Å². The smallest absolute Gasteiger partial charge is 0.360 e. The highest BCUT2D eigenvalue weighted by Gasteiger charge is 2.20. The van der Waals surface area contributed by atoms with Crippen LogP contribution in [0.15, 0.2) is 35.1 Å². The van der Waals surface area contributed by atoms with Crippen molar-refractivity contribution in [3.63, 3.8) is 0 Å². The van der Waals surface area contributed by atoms with E-state index in [4.69, 9.17) is 9.15 Å². The van der Waals surface area contributed by atoms with Crippen molar-refractivity contribution in [1.29, 1.82) is 0 Å². The van der Waals surface area contributed by atoms with Crippen molar-refractivity contribution in [3.8, 4) is 11.3 Å². The van der Waals surface area contributed by atoms with Crippen LogP contribution in [0.1, 0.15) is 17.4 Å². The number of carbonyl (C=O) groups is 1. The van der Waals surface area contributed by atoms with Crippen molar-refractivity contribution in [1.82, 2.24) is 4.98 Å². The molecule has 0 spiro atoms. The normalized spacial score (nSPS) is 10.2. The summed E-state index contributed by atoms with van der Waals surface area (Å²) in [6.07, 6.45) is 1.25. The minimum atomic E-state index is -0.462. The van der Waals surface area contributed by atoms with Crippen LogP contribution in [-0.4, -0.2) is 17.6 Å². The Labute approximate surface area is 112 Å². The van der Waals surface area contributed by atoms with E-state index in [1.807, 2.05) is 24.3 Å². The van der Waals surface area contributed by atoms with Gasteiger partial charge in [-0.05, 0) is 35.6 Å². The summed E-state index contributed by atoms with van der Waals surface area (Å²) in [7, 11) is 0. The number of carbonyl (C=O) groups excluding carboxylic acids is 1. The first-order chi connectivity index (χ1) is 8.24. The van der Waals surface area contributed by atoms with Crippen LogP contribution in [0.4, 0.5) is 0 Å². The molecule has 1 aromatic carbocycles. The van der Waals surface area contributed by atoms with Crippen LogP contribution >= 0.6 is 22.6 Å². The van der Waals surface area contributed by atoms with E-state index in [9.17, 15) is 4.79 Å². The van der Waals surface area contributed by atoms with Gasteiger partial charge in [-0.25, -0.2) is 9.78 Å². The second-order valence-corrected chi connectivity index (χ2v) is 4.39. The van der Waals surface area contributed by atoms with Gasteiger partial charge in [0, 0.05) is 9.13 Å². The minimum Gasteiger partial charge on any atom is -0.461 e. The Morgan fingerprint density at radius 2 is 2.24 bits per heavy atom. The first kappa shape index (κ1) is 12.1. The Balaban J connectivity index is 2.44. The SMILES string of the molecule is CCOC(=O)c1ncoc1-c1ccccc1I. The molecule has 0 saturated carbocycles. The molecule has 0 fully saturated rings. The molecule has 0 unspecified atom stereocenters. The molecule has 0 aliphatic heterocycles. The van der Waals surface area contributed by atoms with E-state index in [1.54, 1.807) is 6.92 Å². The lowest BCUT2D eigenvalue weighted by Crippen LogP contribution is -2.06. The first-order valence-electron chi connectivity index (χ1n) is 5.09. The molecule has 0 bridgehead atoms. The number of hydrogen-bond donors (Lipinski definition) is 0. The van der Waals surface area contributed by atoms with Gasteiger partial charge >= 0.3 is 5.97 Å². The van der Waals surface area contributed by atoms with E-state index in [0.29, 0.717) is 12.4 Å². The standard InChI is InChI=1S/C12H10INO3/c1-2-16-12(15)10-11(17-7-14-10)8-5-3-4-6-9(8)13/h3-7H,2H2,1H3. The Morgan fingerprint density at radius 1 is 1.47 bits per heavy atom. The van der Waals surface area contributed by atoms with Crippen LogP contribution in [-0.2, 0) is 4.74 Å². The molecule has 2 aromatic rings. The molecule has 0 amide bonds. The zero-order chi connectivity index (χ0) is 12.3. The van der Waals surface area contributed by atoms with Gasteiger partial charge in [-0.3, -0.25) is 0 Å². The maximum absolute atomic E-state index is 11.7. The van der Waals surface area contributed by atoms with Crippen LogP contribution < -0.4 is 0 Å². The van der Waals surface area contributed by atoms with E-state index < -0.39 is 5.97 Å². The predicted octanol–water partition coefficient (Wildman–Crippen LogP) is 3.12. The molecule has 4 nitrogen and oxygen atoms in total. The van der Waals surface area contributed by atoms with Crippen molar-refractivity contribution in [3.05, 3.63) is 39.9 Å². The fourth-order valence-electron chi connectivity index (χ4n) is 1.43. The minimum absolute atomic E-state index is 0.218. The number of esters is 1. The maximum atomic E-state index is 11.7. The third kappa shape index (κ3) is 2.49. The number of aromatic nitrogens is 1. The van der Waals surface area contributed by atoms with Crippen molar-refractivity contribution < 1.29 is 13.9 Å². The third-order valence-electron chi connectivity index (χ3n) is 2.15. The third-order valence-corrected chi connectivity index (χ3v) is 3.10. The van der Waals surface area contributed by atoms with Gasteiger partial charge in [0.2, 0.25) is 0 Å². The van der Waals surface area contributed by atoms with Crippen LogP contribution in [0.3, 0.4) is 0 Å². The molecule has 17 heavy (non-hydrogen) atoms. The van der Waals surface area contributed by atoms with Gasteiger partial charge in [-0.1, -0.05) is 18.2 Å². The number of benzene rings is 1. The fourth-order valence-corrected chi connectivity index (χ4v) is 2.06. The molecule has 1 aromatic heterocycles. The fraction of sp³-hybridized carbons (Fsp3) is 0.167. The van der Waals surface area contributed by atoms with Crippen molar-refractivity contribution in [2.45, 2.75) is 6.92 Å². The number of rotatable bonds is 3. The molecule has 0 radical (unpaired) electrons. The molecular weight excluding hydrogens is 333 g/mol. The molecule has 5 heteroatoms. The quantitative estimate of drug-likeness (QED) is 0.635. The average molecular weight is 343 g/mol. The molecule has 0 aliphatic carbocycles. The summed E-state index contributed by atoms with van der Waals surface area (Å²) in [5, 5.41) is 0. The van der Waals surface area contributed by atoms with Gasteiger partial charge < -0.3 is 9.15 Å². The molecule has 0 aliphatic rings. The highest BCUT2D eigenvalue weighted by atomic mass is 127. The monoisotopic (exact) mass is 343 g/mol. The number of nitrogens with zero attached hydrogens (tertiary/aromatic N) is 1. The van der Waals surface area contributed by atoms with E-state index >= 15 is 0 Å². The summed E-state index contributed by atoms with van der Waals surface area (Å²) in [6, 6.07) is 7.62. The predicted molar refractivity (Wildman–Crippen MR) is 70.6 cm³/mol. The van der Waals surface area contributed by atoms with Gasteiger partial charge in [0.15, 0.2) is 17.8 Å². The van der Waals surface area contributed by atoms with Gasteiger partial charge in [-0.2, -0.15) is 0 Å². The van der Waals surface area contributed by atoms with Gasteiger partial charge in [0.25, 0.3) is 0 Å². The lowest BCUT2D eigenvalue weighted by Gasteiger charge is -2.03. The average Bonchev–Trinajstić information content (AvgIpc) is 2.79. The second-order valence-electron chi connectivity index (χ2n) is 3.23. The summed E-state index contributed by atoms with van der Waals surface area (Å²) < 4.78 is 11.2. The van der Waals surface area contributed by atoms with Crippen LogP contribution in [0.5, 0.6) is 0 Å². The zero-order valence-corrected chi connectivity index (χ0v) is 11.3. The lowest BCUT2D eigenvalue weighted by atomic mass is 10.1. The Hall–Kier alpha value is -1.37. The van der Waals surface area contributed by atoms with Gasteiger partial charge in [0.05, 0.1) is 6.61 Å². The molecule has 0 saturated heterocycles. The Morgan fingerprint density at radius 3 is 2.94 bits per heavy atom. The highest BCUT2D eigenvalue weighted by molar-refractivity contribution is 14.1. The molecular formula is C12H10INO3. The van der Waals surface area contributed by atoms with E-state index in [0.717, 1.165) is 9.13 Å². The van der Waals surface area contributed by atoms with Gasteiger partial charge in [0.1, 0.15) is 0 Å². The highest BCUT2D eigenvalue weighted by Crippen LogP contribution is 2.27. The summed E-state index contributed by atoms with van der Waals surface area (Å²) in [6.45, 7) is 2.07. The topological polar surface area (TPSA) is 52.3 Å². The Bertz CT molecular complexity index is 536. The summed E-state index contributed by atoms with van der Waals surface area (Å²) >= 11 is 2.18. The van der Waals surface area contributed by atoms with Crippen molar-refractivity contribution in [2.24, 2.45) is 0 Å². The number of ether oxygens (including phenoxy) is 1. The first-order valence-corrected chi connectivity index (χ1v) is 6.17. The summed E-state index contributed by atoms with van der Waals surface area (Å²) in [5.41, 5.74) is 1.06. The molecule has 2 rings (SSSR count). The van der Waals surface area contributed by atoms with E-state index in [2.05, 4.69) is 27.6 Å². The molecule has 88 valence electrons. The molecule has 0 N–H and O–H groups in total. The summed E-state index contributed by atoms with van der Waals surface area (Å²) in [5.74, 6) is -0.00986. The Kier molecular flexibility index (Phi) is 3.78. The number of hydrogen-bond acceptors (Lipinski definition) is 4. The maximum Gasteiger partial charge on any atom is 0.360 e. The largest absolute Gasteiger partial charge is 0.461 e. The molecule has 1 heterocycles. The van der Waals surface area contributed by atoms with Crippen molar-refractivity contribution in [2.75, 3.05) is 6.61 Å². The van der Waals surface area contributed by atoms with Gasteiger partial charge in [-0.15, -0.1) is 0 Å². The number of halogens is 1. The number of oxazole rings is 1. The molecule has 0 atom stereocenters. The lowest BCUT2D eigenvalue weighted by molar-refractivity contribution is 0.0520. The van der Waals surface area contributed by atoms with E-state index in [-0.39, 0.29) is 5.69 Å². The second kappa shape index (κ2) is 5.31. The van der Waals surface area contributed by atoms with Crippen LogP contribution in [0, 0.1) is 3.57 Å². The van der Waals surface area contributed by atoms with Crippen LogP contribution in [0.2, 0.25) is 0 Å². The zero-order valence-electron chi connectivity index (χ0n) is 9.14. The summed E-state index contributed by atoms with van der Waals surface area (Å²) in [4.78, 5) is 15.6. The van der Waals surface area contributed by atoms with E-state index in [1.165, 1.54) is 6.39 Å².